The standard InChI is InChI=1S/C20H20FN5O2/c1-12-22-10-17(19(27)24-12)20(28)26-7-5-13(6-8-26)18-16(11-23-25-18)14-3-2-4-15(21)9-14/h2-4,9-11,13H,5-8H2,1H3,(H,23,25)(H,22,24,27). The van der Waals surface area contributed by atoms with Crippen molar-refractivity contribution in [2.45, 2.75) is 25.7 Å². The summed E-state index contributed by atoms with van der Waals surface area (Å²) in [7, 11) is 0. The lowest BCUT2D eigenvalue weighted by atomic mass is 9.89. The molecule has 0 radical (unpaired) electrons. The third kappa shape index (κ3) is 3.45. The van der Waals surface area contributed by atoms with Crippen molar-refractivity contribution >= 4 is 5.91 Å². The number of amides is 1. The van der Waals surface area contributed by atoms with Crippen molar-refractivity contribution in [1.29, 1.82) is 0 Å². The lowest BCUT2D eigenvalue weighted by Crippen LogP contribution is -2.40. The zero-order valence-electron chi connectivity index (χ0n) is 15.4. The summed E-state index contributed by atoms with van der Waals surface area (Å²) in [6, 6.07) is 6.43. The summed E-state index contributed by atoms with van der Waals surface area (Å²) in [5, 5.41) is 7.19. The van der Waals surface area contributed by atoms with Crippen LogP contribution in [0.4, 0.5) is 4.39 Å². The molecule has 144 valence electrons. The van der Waals surface area contributed by atoms with Crippen molar-refractivity contribution in [3.63, 3.8) is 0 Å². The molecule has 0 aliphatic carbocycles. The first kappa shape index (κ1) is 18.1. The Morgan fingerprint density at radius 2 is 2.04 bits per heavy atom. The summed E-state index contributed by atoms with van der Waals surface area (Å²) < 4.78 is 13.6. The Morgan fingerprint density at radius 3 is 2.75 bits per heavy atom. The third-order valence-corrected chi connectivity index (χ3v) is 5.15. The molecule has 1 amide bonds. The molecule has 3 aromatic rings. The Morgan fingerprint density at radius 1 is 1.25 bits per heavy atom. The Kier molecular flexibility index (Phi) is 4.77. The molecule has 0 bridgehead atoms. The summed E-state index contributed by atoms with van der Waals surface area (Å²) in [6.07, 6.45) is 4.50. The van der Waals surface area contributed by atoms with Gasteiger partial charge in [0, 0.05) is 36.5 Å². The second-order valence-electron chi connectivity index (χ2n) is 6.99. The molecule has 0 atom stereocenters. The SMILES string of the molecule is Cc1ncc(C(=O)N2CCC(c3[nH]ncc3-c3cccc(F)c3)CC2)c(=O)[nH]1. The van der Waals surface area contributed by atoms with Crippen LogP contribution in [0.1, 0.15) is 40.6 Å². The zero-order chi connectivity index (χ0) is 19.7. The van der Waals surface area contributed by atoms with Gasteiger partial charge in [0.25, 0.3) is 11.5 Å². The van der Waals surface area contributed by atoms with Gasteiger partial charge in [-0.2, -0.15) is 5.10 Å². The molecule has 3 heterocycles. The molecule has 0 saturated carbocycles. The number of halogens is 1. The van der Waals surface area contributed by atoms with Crippen LogP contribution in [-0.2, 0) is 0 Å². The minimum atomic E-state index is -0.415. The minimum Gasteiger partial charge on any atom is -0.338 e. The number of H-pyrrole nitrogens is 2. The van der Waals surface area contributed by atoms with E-state index in [9.17, 15) is 14.0 Å². The number of aromatic amines is 2. The summed E-state index contributed by atoms with van der Waals surface area (Å²) >= 11 is 0. The van der Waals surface area contributed by atoms with Crippen LogP contribution in [0.5, 0.6) is 0 Å². The normalized spacial score (nSPS) is 15.0. The van der Waals surface area contributed by atoms with E-state index >= 15 is 0 Å². The number of rotatable bonds is 3. The number of aromatic nitrogens is 4. The number of hydrogen-bond donors (Lipinski definition) is 2. The summed E-state index contributed by atoms with van der Waals surface area (Å²) in [4.78, 5) is 32.9. The van der Waals surface area contributed by atoms with Crippen LogP contribution >= 0.6 is 0 Å². The third-order valence-electron chi connectivity index (χ3n) is 5.15. The maximum atomic E-state index is 13.6. The predicted octanol–water partition coefficient (Wildman–Crippen LogP) is 2.63. The van der Waals surface area contributed by atoms with Crippen LogP contribution in [0, 0.1) is 12.7 Å². The topological polar surface area (TPSA) is 94.7 Å². The quantitative estimate of drug-likeness (QED) is 0.729. The van der Waals surface area contributed by atoms with Crippen molar-refractivity contribution in [1.82, 2.24) is 25.1 Å². The summed E-state index contributed by atoms with van der Waals surface area (Å²) in [5.74, 6) is 0.0628. The molecule has 1 aliphatic heterocycles. The molecule has 4 rings (SSSR count). The molecule has 1 saturated heterocycles. The van der Waals surface area contributed by atoms with Gasteiger partial charge in [0.05, 0.1) is 6.20 Å². The molecule has 0 unspecified atom stereocenters. The van der Waals surface area contributed by atoms with Gasteiger partial charge in [0.1, 0.15) is 17.2 Å². The fraction of sp³-hybridized carbons (Fsp3) is 0.300. The lowest BCUT2D eigenvalue weighted by Gasteiger charge is -2.31. The number of carbonyl (C=O) groups is 1. The summed E-state index contributed by atoms with van der Waals surface area (Å²) in [5.41, 5.74) is 2.25. The minimum absolute atomic E-state index is 0.0611. The average Bonchev–Trinajstić information content (AvgIpc) is 3.17. The zero-order valence-corrected chi connectivity index (χ0v) is 15.4. The fourth-order valence-corrected chi connectivity index (χ4v) is 3.67. The molecule has 8 heteroatoms. The first-order valence-electron chi connectivity index (χ1n) is 9.17. The van der Waals surface area contributed by atoms with E-state index < -0.39 is 5.56 Å². The number of piperidine rings is 1. The number of aryl methyl sites for hydroxylation is 1. The van der Waals surface area contributed by atoms with Crippen molar-refractivity contribution in [3.8, 4) is 11.1 Å². The smallest absolute Gasteiger partial charge is 0.263 e. The predicted molar refractivity (Wildman–Crippen MR) is 101 cm³/mol. The molecular weight excluding hydrogens is 361 g/mol. The van der Waals surface area contributed by atoms with Gasteiger partial charge in [-0.1, -0.05) is 12.1 Å². The highest BCUT2D eigenvalue weighted by Crippen LogP contribution is 2.34. The van der Waals surface area contributed by atoms with E-state index in [2.05, 4.69) is 20.2 Å². The van der Waals surface area contributed by atoms with E-state index in [0.717, 1.165) is 29.7 Å². The Hall–Kier alpha value is -3.29. The number of carbonyl (C=O) groups excluding carboxylic acids is 1. The molecular formula is C20H20FN5O2. The van der Waals surface area contributed by atoms with Crippen LogP contribution in [-0.4, -0.2) is 44.1 Å². The molecule has 1 fully saturated rings. The summed E-state index contributed by atoms with van der Waals surface area (Å²) in [6.45, 7) is 2.72. The van der Waals surface area contributed by atoms with Crippen LogP contribution in [0.3, 0.4) is 0 Å². The van der Waals surface area contributed by atoms with Gasteiger partial charge in [0.15, 0.2) is 0 Å². The lowest BCUT2D eigenvalue weighted by molar-refractivity contribution is 0.0710. The first-order chi connectivity index (χ1) is 13.5. The molecule has 7 nitrogen and oxygen atoms in total. The number of nitrogens with zero attached hydrogens (tertiary/aromatic N) is 3. The van der Waals surface area contributed by atoms with Crippen LogP contribution in [0.25, 0.3) is 11.1 Å². The fourth-order valence-electron chi connectivity index (χ4n) is 3.67. The molecule has 1 aliphatic rings. The van der Waals surface area contributed by atoms with Crippen molar-refractivity contribution in [2.75, 3.05) is 13.1 Å². The number of hydrogen-bond acceptors (Lipinski definition) is 4. The van der Waals surface area contributed by atoms with Gasteiger partial charge in [-0.3, -0.25) is 14.7 Å². The van der Waals surface area contributed by atoms with Gasteiger partial charge >= 0.3 is 0 Å². The number of nitrogens with one attached hydrogen (secondary N) is 2. The molecule has 0 spiro atoms. The van der Waals surface area contributed by atoms with Gasteiger partial charge < -0.3 is 9.88 Å². The van der Waals surface area contributed by atoms with E-state index in [1.54, 1.807) is 24.1 Å². The first-order valence-corrected chi connectivity index (χ1v) is 9.17. The second-order valence-corrected chi connectivity index (χ2v) is 6.99. The largest absolute Gasteiger partial charge is 0.338 e. The second kappa shape index (κ2) is 7.38. The maximum Gasteiger partial charge on any atom is 0.263 e. The highest BCUT2D eigenvalue weighted by Gasteiger charge is 2.28. The number of benzene rings is 1. The van der Waals surface area contributed by atoms with Gasteiger partial charge in [0.2, 0.25) is 0 Å². The van der Waals surface area contributed by atoms with Crippen molar-refractivity contribution < 1.29 is 9.18 Å². The van der Waals surface area contributed by atoms with Gasteiger partial charge in [-0.05, 0) is 37.5 Å². The molecule has 2 aromatic heterocycles. The van der Waals surface area contributed by atoms with Crippen LogP contribution in [0.2, 0.25) is 0 Å². The van der Waals surface area contributed by atoms with E-state index in [4.69, 9.17) is 0 Å². The van der Waals surface area contributed by atoms with Crippen molar-refractivity contribution in [2.24, 2.45) is 0 Å². The Labute approximate surface area is 160 Å². The van der Waals surface area contributed by atoms with Crippen molar-refractivity contribution in [3.05, 3.63) is 69.9 Å². The monoisotopic (exact) mass is 381 g/mol. The number of likely N-dealkylation sites (tertiary alicyclic amines) is 1. The Bertz CT molecular complexity index is 1070. The molecule has 2 N–H and O–H groups in total. The van der Waals surface area contributed by atoms with E-state index in [-0.39, 0.29) is 23.2 Å². The van der Waals surface area contributed by atoms with E-state index in [1.165, 1.54) is 18.3 Å². The molecule has 28 heavy (non-hydrogen) atoms. The van der Waals surface area contributed by atoms with Crippen LogP contribution < -0.4 is 5.56 Å². The highest BCUT2D eigenvalue weighted by molar-refractivity contribution is 5.93. The average molecular weight is 381 g/mol. The highest BCUT2D eigenvalue weighted by atomic mass is 19.1. The van der Waals surface area contributed by atoms with Crippen LogP contribution in [0.15, 0.2) is 41.5 Å². The maximum absolute atomic E-state index is 13.6. The molecule has 1 aromatic carbocycles. The van der Waals surface area contributed by atoms with Gasteiger partial charge in [-0.25, -0.2) is 9.37 Å². The van der Waals surface area contributed by atoms with E-state index in [0.29, 0.717) is 18.9 Å². The van der Waals surface area contributed by atoms with Gasteiger partial charge in [-0.15, -0.1) is 0 Å². The van der Waals surface area contributed by atoms with E-state index in [1.807, 2.05) is 6.07 Å². The Balaban J connectivity index is 1.49.